The Labute approximate surface area is 93.2 Å². The summed E-state index contributed by atoms with van der Waals surface area (Å²) in [6.45, 7) is 0. The number of hydrazine groups is 1. The van der Waals surface area contributed by atoms with Gasteiger partial charge in [-0.3, -0.25) is 4.79 Å². The number of carbonyl (C=O) groups excluding carboxylic acids is 1. The van der Waals surface area contributed by atoms with Crippen molar-refractivity contribution in [2.24, 2.45) is 5.84 Å². The van der Waals surface area contributed by atoms with Crippen LogP contribution in [0, 0.1) is 0 Å². The molecule has 1 amide bonds. The maximum Gasteiger partial charge on any atom is 0.473 e. The summed E-state index contributed by atoms with van der Waals surface area (Å²) >= 11 is 0. The van der Waals surface area contributed by atoms with Crippen LogP contribution >= 0.6 is 0 Å². The van der Waals surface area contributed by atoms with Crippen LogP contribution in [0.1, 0.15) is 10.4 Å². The van der Waals surface area contributed by atoms with E-state index in [1.165, 1.54) is 12.1 Å². The molecule has 92 valence electrons. The number of para-hydroxylation sites is 1. The second kappa shape index (κ2) is 4.42. The molecular weight excluding hydrogens is 241 g/mol. The van der Waals surface area contributed by atoms with Gasteiger partial charge in [0, 0.05) is 0 Å². The molecule has 0 fully saturated rings. The standard InChI is InChI=1S/C9H7F3N2O3/c10-9(11,12)8(17)14(13)6-4-2-1-3-5(6)7(15)16/h1-4H,13H2,(H,15,16). The summed E-state index contributed by atoms with van der Waals surface area (Å²) in [7, 11) is 0. The predicted molar refractivity (Wildman–Crippen MR) is 51.1 cm³/mol. The van der Waals surface area contributed by atoms with E-state index in [-0.39, 0.29) is 5.01 Å². The first kappa shape index (κ1) is 13.0. The highest BCUT2D eigenvalue weighted by atomic mass is 19.4. The molecule has 0 bridgehead atoms. The number of hydrogen-bond acceptors (Lipinski definition) is 3. The van der Waals surface area contributed by atoms with Crippen molar-refractivity contribution in [2.45, 2.75) is 6.18 Å². The molecule has 0 heterocycles. The van der Waals surface area contributed by atoms with Crippen LogP contribution < -0.4 is 10.9 Å². The molecule has 0 aromatic heterocycles. The van der Waals surface area contributed by atoms with Gasteiger partial charge in [-0.15, -0.1) is 0 Å². The molecule has 0 saturated heterocycles. The average Bonchev–Trinajstić information content (AvgIpc) is 2.25. The minimum absolute atomic E-state index is 0.233. The zero-order chi connectivity index (χ0) is 13.2. The van der Waals surface area contributed by atoms with E-state index in [1.54, 1.807) is 0 Å². The minimum atomic E-state index is -5.17. The molecule has 0 aliphatic carbocycles. The summed E-state index contributed by atoms with van der Waals surface area (Å²) in [5.74, 6) is 1.14. The van der Waals surface area contributed by atoms with Crippen molar-refractivity contribution in [1.29, 1.82) is 0 Å². The van der Waals surface area contributed by atoms with Crippen LogP contribution in [0.2, 0.25) is 0 Å². The molecule has 8 heteroatoms. The Morgan fingerprint density at radius 1 is 1.24 bits per heavy atom. The van der Waals surface area contributed by atoms with Crippen LogP contribution in [0.5, 0.6) is 0 Å². The summed E-state index contributed by atoms with van der Waals surface area (Å²) in [6, 6.07) is 4.62. The van der Waals surface area contributed by atoms with Crippen LogP contribution in [0.4, 0.5) is 18.9 Å². The Morgan fingerprint density at radius 2 is 1.76 bits per heavy atom. The number of carboxylic acids is 1. The molecule has 1 aromatic carbocycles. The number of nitrogens with two attached hydrogens (primary N) is 1. The Bertz CT molecular complexity index is 459. The summed E-state index contributed by atoms with van der Waals surface area (Å²) < 4.78 is 36.3. The van der Waals surface area contributed by atoms with Crippen LogP contribution in [0.15, 0.2) is 24.3 Å². The van der Waals surface area contributed by atoms with E-state index < -0.39 is 29.3 Å². The fraction of sp³-hybridized carbons (Fsp3) is 0.111. The van der Waals surface area contributed by atoms with Gasteiger partial charge in [-0.05, 0) is 12.1 Å². The Kier molecular flexibility index (Phi) is 3.37. The number of nitrogens with zero attached hydrogens (tertiary/aromatic N) is 1. The van der Waals surface area contributed by atoms with E-state index >= 15 is 0 Å². The average molecular weight is 248 g/mol. The van der Waals surface area contributed by atoms with Crippen molar-refractivity contribution in [1.82, 2.24) is 0 Å². The third-order valence-corrected chi connectivity index (χ3v) is 1.86. The monoisotopic (exact) mass is 248 g/mol. The lowest BCUT2D eigenvalue weighted by Crippen LogP contribution is -2.46. The van der Waals surface area contributed by atoms with Gasteiger partial charge in [0.2, 0.25) is 0 Å². The molecule has 1 aromatic rings. The molecule has 0 unspecified atom stereocenters. The third kappa shape index (κ3) is 2.72. The van der Waals surface area contributed by atoms with Crippen LogP contribution in [0.25, 0.3) is 0 Å². The van der Waals surface area contributed by atoms with E-state index in [0.29, 0.717) is 0 Å². The summed E-state index contributed by atoms with van der Waals surface area (Å²) in [5.41, 5.74) is -1.02. The highest BCUT2D eigenvalue weighted by molar-refractivity contribution is 6.02. The zero-order valence-electron chi connectivity index (χ0n) is 8.23. The first-order valence-electron chi connectivity index (χ1n) is 4.23. The molecule has 1 rings (SSSR count). The quantitative estimate of drug-likeness (QED) is 0.467. The van der Waals surface area contributed by atoms with E-state index in [2.05, 4.69) is 0 Å². The van der Waals surface area contributed by atoms with Gasteiger partial charge in [-0.25, -0.2) is 15.6 Å². The largest absolute Gasteiger partial charge is 0.478 e. The Balaban J connectivity index is 3.17. The van der Waals surface area contributed by atoms with E-state index in [9.17, 15) is 22.8 Å². The number of aromatic carboxylic acids is 1. The topological polar surface area (TPSA) is 83.6 Å². The number of halogens is 3. The Morgan fingerprint density at radius 3 is 2.24 bits per heavy atom. The molecule has 0 spiro atoms. The maximum atomic E-state index is 12.1. The molecule has 17 heavy (non-hydrogen) atoms. The molecule has 0 aliphatic heterocycles. The van der Waals surface area contributed by atoms with Gasteiger partial charge in [0.05, 0.1) is 11.3 Å². The van der Waals surface area contributed by atoms with Crippen molar-refractivity contribution in [2.75, 3.05) is 5.01 Å². The van der Waals surface area contributed by atoms with E-state index in [4.69, 9.17) is 10.9 Å². The van der Waals surface area contributed by atoms with Gasteiger partial charge in [0.15, 0.2) is 0 Å². The number of alkyl halides is 3. The number of anilines is 1. The Hall–Kier alpha value is -2.09. The lowest BCUT2D eigenvalue weighted by molar-refractivity contribution is -0.170. The van der Waals surface area contributed by atoms with E-state index in [1.807, 2.05) is 0 Å². The van der Waals surface area contributed by atoms with Crippen molar-refractivity contribution in [3.8, 4) is 0 Å². The predicted octanol–water partition coefficient (Wildman–Crippen LogP) is 1.15. The smallest absolute Gasteiger partial charge is 0.473 e. The fourth-order valence-electron chi connectivity index (χ4n) is 1.11. The highest BCUT2D eigenvalue weighted by Gasteiger charge is 2.43. The molecular formula is C9H7F3N2O3. The summed E-state index contributed by atoms with van der Waals surface area (Å²) in [5, 5.41) is 8.49. The van der Waals surface area contributed by atoms with E-state index in [0.717, 1.165) is 12.1 Å². The highest BCUT2D eigenvalue weighted by Crippen LogP contribution is 2.24. The number of carbonyl (C=O) groups is 2. The molecule has 3 N–H and O–H groups in total. The molecule has 0 atom stereocenters. The summed E-state index contributed by atoms with van der Waals surface area (Å²) in [4.78, 5) is 21.5. The second-order valence-corrected chi connectivity index (χ2v) is 3.00. The molecule has 5 nitrogen and oxygen atoms in total. The number of carboxylic acid groups (broad SMARTS) is 1. The molecule has 0 radical (unpaired) electrons. The number of amides is 1. The van der Waals surface area contributed by atoms with Gasteiger partial charge in [0.25, 0.3) is 0 Å². The maximum absolute atomic E-state index is 12.1. The number of hydrogen-bond donors (Lipinski definition) is 2. The SMILES string of the molecule is NN(C(=O)C(F)(F)F)c1ccccc1C(=O)O. The van der Waals surface area contributed by atoms with Crippen molar-refractivity contribution in [3.05, 3.63) is 29.8 Å². The van der Waals surface area contributed by atoms with Crippen LogP contribution in [-0.2, 0) is 4.79 Å². The van der Waals surface area contributed by atoms with Crippen molar-refractivity contribution < 1.29 is 27.9 Å². The van der Waals surface area contributed by atoms with Crippen molar-refractivity contribution in [3.63, 3.8) is 0 Å². The first-order valence-corrected chi connectivity index (χ1v) is 4.23. The first-order chi connectivity index (χ1) is 7.75. The number of rotatable bonds is 2. The van der Waals surface area contributed by atoms with Gasteiger partial charge in [0.1, 0.15) is 0 Å². The fourth-order valence-corrected chi connectivity index (χ4v) is 1.11. The normalized spacial score (nSPS) is 11.1. The van der Waals surface area contributed by atoms with Gasteiger partial charge in [-0.1, -0.05) is 12.1 Å². The number of benzene rings is 1. The third-order valence-electron chi connectivity index (χ3n) is 1.86. The lowest BCUT2D eigenvalue weighted by atomic mass is 10.1. The van der Waals surface area contributed by atoms with Gasteiger partial charge >= 0.3 is 18.1 Å². The van der Waals surface area contributed by atoms with Gasteiger partial charge in [-0.2, -0.15) is 13.2 Å². The minimum Gasteiger partial charge on any atom is -0.478 e. The van der Waals surface area contributed by atoms with Gasteiger partial charge < -0.3 is 5.11 Å². The zero-order valence-corrected chi connectivity index (χ0v) is 8.23. The molecule has 0 saturated carbocycles. The van der Waals surface area contributed by atoms with Crippen molar-refractivity contribution >= 4 is 17.6 Å². The summed E-state index contributed by atoms with van der Waals surface area (Å²) in [6.07, 6.45) is -5.17. The van der Waals surface area contributed by atoms with Crippen LogP contribution in [0.3, 0.4) is 0 Å². The lowest BCUT2D eigenvalue weighted by Gasteiger charge is -2.19. The second-order valence-electron chi connectivity index (χ2n) is 3.00. The molecule has 0 aliphatic rings. The van der Waals surface area contributed by atoms with Crippen LogP contribution in [-0.4, -0.2) is 23.2 Å².